The van der Waals surface area contributed by atoms with Crippen molar-refractivity contribution >= 4 is 53.2 Å². The van der Waals surface area contributed by atoms with E-state index in [1.807, 2.05) is 0 Å². The van der Waals surface area contributed by atoms with Crippen LogP contribution in [-0.2, 0) is 65.7 Å². The van der Waals surface area contributed by atoms with Gasteiger partial charge in [-0.25, -0.2) is 21.0 Å². The number of hydrogen-bond acceptors (Lipinski definition) is 11. The van der Waals surface area contributed by atoms with Crippen LogP contribution in [-0.4, -0.2) is 82.5 Å². The molecule has 188 valence electrons. The average Bonchev–Trinajstić information content (AvgIpc) is 2.64. The Morgan fingerprint density at radius 2 is 1.41 bits per heavy atom. The first kappa shape index (κ1) is 31.0. The molecule has 0 aromatic rings. The van der Waals surface area contributed by atoms with E-state index in [2.05, 4.69) is 25.1 Å². The molecule has 0 aliphatic rings. The molecule has 0 aromatic heterocycles. The van der Waals surface area contributed by atoms with Gasteiger partial charge in [-0.1, -0.05) is 19.7 Å². The van der Waals surface area contributed by atoms with E-state index in [1.54, 1.807) is 0 Å². The van der Waals surface area contributed by atoms with Crippen LogP contribution in [0.2, 0.25) is 0 Å². The summed E-state index contributed by atoms with van der Waals surface area (Å²) in [4.78, 5) is 0. The standard InChI is InChI=1S/C15H27NO11S5/c1-4-25-29(18)12-15(11-27-28(17)6-3,13-30(19)26-5-2)14-31(20,21)9-7-16-8-10-32(22,23)24/h4-6,16H,1-3,7-14H2,(H,22,23,24). The van der Waals surface area contributed by atoms with Gasteiger partial charge in [-0.2, -0.15) is 8.42 Å². The Kier molecular flexibility index (Phi) is 14.6. The Labute approximate surface area is 196 Å². The first-order chi connectivity index (χ1) is 14.8. The monoisotopic (exact) mass is 557 g/mol. The highest BCUT2D eigenvalue weighted by atomic mass is 32.2. The maximum Gasteiger partial charge on any atom is 0.266 e. The first-order valence-electron chi connectivity index (χ1n) is 8.63. The largest absolute Gasteiger partial charge is 0.409 e. The Bertz CT molecular complexity index is 890. The molecule has 0 aliphatic heterocycles. The van der Waals surface area contributed by atoms with Crippen LogP contribution in [0.4, 0.5) is 0 Å². The summed E-state index contributed by atoms with van der Waals surface area (Å²) in [6, 6.07) is 0. The highest BCUT2D eigenvalue weighted by molar-refractivity contribution is 7.91. The molecule has 0 radical (unpaired) electrons. The number of nitrogens with one attached hydrogen (secondary N) is 1. The molecule has 2 N–H and O–H groups in total. The molecule has 0 aliphatic carbocycles. The van der Waals surface area contributed by atoms with Gasteiger partial charge in [0, 0.05) is 23.9 Å². The summed E-state index contributed by atoms with van der Waals surface area (Å²) in [5.41, 5.74) is -1.62. The van der Waals surface area contributed by atoms with Gasteiger partial charge in [-0.15, -0.1) is 0 Å². The molecule has 0 rings (SSSR count). The van der Waals surface area contributed by atoms with Gasteiger partial charge in [0.1, 0.15) is 0 Å². The van der Waals surface area contributed by atoms with Crippen molar-refractivity contribution in [2.24, 2.45) is 5.41 Å². The molecular weight excluding hydrogens is 530 g/mol. The van der Waals surface area contributed by atoms with Gasteiger partial charge in [0.15, 0.2) is 20.9 Å². The normalized spacial score (nSPS) is 16.8. The molecule has 0 saturated carbocycles. The van der Waals surface area contributed by atoms with Crippen molar-refractivity contribution in [2.75, 3.05) is 48.5 Å². The summed E-state index contributed by atoms with van der Waals surface area (Å²) in [5.74, 6) is -2.74. The zero-order valence-electron chi connectivity index (χ0n) is 17.1. The van der Waals surface area contributed by atoms with Crippen molar-refractivity contribution in [1.29, 1.82) is 0 Å². The number of sulfone groups is 1. The summed E-state index contributed by atoms with van der Waals surface area (Å²) in [7, 11) is -8.14. The van der Waals surface area contributed by atoms with Crippen LogP contribution < -0.4 is 5.32 Å². The summed E-state index contributed by atoms with van der Waals surface area (Å²) >= 11 is -6.19. The van der Waals surface area contributed by atoms with E-state index in [0.29, 0.717) is 0 Å². The third-order valence-electron chi connectivity index (χ3n) is 3.47. The van der Waals surface area contributed by atoms with E-state index in [9.17, 15) is 29.5 Å². The number of rotatable bonds is 20. The fourth-order valence-corrected chi connectivity index (χ4v) is 7.38. The molecular formula is C15H27NO11S5. The zero-order valence-corrected chi connectivity index (χ0v) is 21.2. The van der Waals surface area contributed by atoms with E-state index >= 15 is 0 Å². The fourth-order valence-electron chi connectivity index (χ4n) is 2.29. The Balaban J connectivity index is 5.64. The predicted molar refractivity (Wildman–Crippen MR) is 123 cm³/mol. The zero-order chi connectivity index (χ0) is 24.8. The van der Waals surface area contributed by atoms with Crippen LogP contribution in [0.25, 0.3) is 0 Å². The summed E-state index contributed by atoms with van der Waals surface area (Å²) < 4.78 is 106. The Morgan fingerprint density at radius 1 is 0.906 bits per heavy atom. The van der Waals surface area contributed by atoms with Gasteiger partial charge in [0.2, 0.25) is 22.2 Å². The smallest absolute Gasteiger partial charge is 0.266 e. The van der Waals surface area contributed by atoms with E-state index in [4.69, 9.17) is 17.1 Å². The fraction of sp³-hybridized carbons (Fsp3) is 0.600. The van der Waals surface area contributed by atoms with Crippen LogP contribution in [0, 0.1) is 5.41 Å². The van der Waals surface area contributed by atoms with Crippen molar-refractivity contribution < 1.29 is 46.6 Å². The molecule has 0 fully saturated rings. The van der Waals surface area contributed by atoms with Gasteiger partial charge >= 0.3 is 0 Å². The molecule has 3 atom stereocenters. The Hall–Kier alpha value is -0.950. The third kappa shape index (κ3) is 15.0. The minimum Gasteiger partial charge on any atom is -0.409 e. The van der Waals surface area contributed by atoms with E-state index in [0.717, 1.165) is 17.9 Å². The second-order valence-corrected chi connectivity index (χ2v) is 13.3. The predicted octanol–water partition coefficient (Wildman–Crippen LogP) is -0.664. The van der Waals surface area contributed by atoms with Gasteiger partial charge in [-0.3, -0.25) is 8.74 Å². The molecule has 0 spiro atoms. The molecule has 0 saturated heterocycles. The van der Waals surface area contributed by atoms with Crippen LogP contribution >= 0.6 is 0 Å². The lowest BCUT2D eigenvalue weighted by Crippen LogP contribution is -2.45. The molecule has 32 heavy (non-hydrogen) atoms. The molecule has 0 amide bonds. The second-order valence-electron chi connectivity index (χ2n) is 6.24. The molecule has 12 nitrogen and oxygen atoms in total. The van der Waals surface area contributed by atoms with Crippen LogP contribution in [0.15, 0.2) is 37.7 Å². The Morgan fingerprint density at radius 3 is 1.84 bits per heavy atom. The van der Waals surface area contributed by atoms with Crippen LogP contribution in [0.1, 0.15) is 0 Å². The quantitative estimate of drug-likeness (QED) is 0.110. The topological polar surface area (TPSA) is 179 Å². The van der Waals surface area contributed by atoms with Crippen molar-refractivity contribution in [3.05, 3.63) is 37.7 Å². The highest BCUT2D eigenvalue weighted by Crippen LogP contribution is 2.26. The van der Waals surface area contributed by atoms with Crippen molar-refractivity contribution in [2.45, 2.75) is 0 Å². The SMILES string of the molecule is C=COS(=O)CC(COS(=O)C=C)(CS(=O)OC=C)CS(=O)(=O)CCNCCS(=O)(=O)O. The molecule has 3 unspecified atom stereocenters. The maximum atomic E-state index is 12.7. The molecule has 0 heterocycles. The summed E-state index contributed by atoms with van der Waals surface area (Å²) in [5, 5.41) is 3.51. The van der Waals surface area contributed by atoms with Crippen molar-refractivity contribution in [1.82, 2.24) is 5.32 Å². The minimum atomic E-state index is -4.20. The van der Waals surface area contributed by atoms with E-state index in [1.165, 1.54) is 0 Å². The summed E-state index contributed by atoms with van der Waals surface area (Å²) in [6.45, 7) is 8.93. The van der Waals surface area contributed by atoms with Crippen LogP contribution in [0.3, 0.4) is 0 Å². The van der Waals surface area contributed by atoms with Gasteiger partial charge < -0.3 is 13.7 Å². The van der Waals surface area contributed by atoms with Gasteiger partial charge in [0.25, 0.3) is 10.1 Å². The molecule has 0 aromatic carbocycles. The highest BCUT2D eigenvalue weighted by Gasteiger charge is 2.41. The second kappa shape index (κ2) is 15.0. The number of hydrogen-bond donors (Lipinski definition) is 2. The van der Waals surface area contributed by atoms with Crippen LogP contribution in [0.5, 0.6) is 0 Å². The lowest BCUT2D eigenvalue weighted by Gasteiger charge is -2.30. The third-order valence-corrected chi connectivity index (χ3v) is 9.09. The van der Waals surface area contributed by atoms with E-state index in [-0.39, 0.29) is 13.1 Å². The lowest BCUT2D eigenvalue weighted by atomic mass is 9.97. The summed E-state index contributed by atoms with van der Waals surface area (Å²) in [6.07, 6.45) is 1.77. The lowest BCUT2D eigenvalue weighted by molar-refractivity contribution is 0.222. The van der Waals surface area contributed by atoms with Gasteiger partial charge in [-0.05, 0) is 0 Å². The first-order valence-corrected chi connectivity index (χ1v) is 15.7. The van der Waals surface area contributed by atoms with Gasteiger partial charge in [0.05, 0.1) is 47.9 Å². The molecule has 17 heteroatoms. The van der Waals surface area contributed by atoms with Crippen molar-refractivity contribution in [3.8, 4) is 0 Å². The molecule has 0 bridgehead atoms. The average molecular weight is 558 g/mol. The van der Waals surface area contributed by atoms with E-state index < -0.39 is 94.0 Å². The maximum absolute atomic E-state index is 12.7. The minimum absolute atomic E-state index is 0.161. The van der Waals surface area contributed by atoms with Crippen molar-refractivity contribution in [3.63, 3.8) is 0 Å².